The van der Waals surface area contributed by atoms with Crippen molar-refractivity contribution in [3.05, 3.63) is 70.6 Å². The molecule has 0 saturated heterocycles. The van der Waals surface area contributed by atoms with Gasteiger partial charge in [0, 0.05) is 10.2 Å². The van der Waals surface area contributed by atoms with Gasteiger partial charge < -0.3 is 5.32 Å². The third-order valence-corrected chi connectivity index (χ3v) is 4.95. The minimum atomic E-state index is 0.741. The summed E-state index contributed by atoms with van der Waals surface area (Å²) in [7, 11) is 0. The average molecular weight is 394 g/mol. The Morgan fingerprint density at radius 2 is 1.80 bits per heavy atom. The van der Waals surface area contributed by atoms with Crippen LogP contribution < -0.4 is 5.32 Å². The number of hydrogen-bond acceptors (Lipinski definition) is 4. The van der Waals surface area contributed by atoms with Gasteiger partial charge in [0.25, 0.3) is 0 Å². The highest BCUT2D eigenvalue weighted by Crippen LogP contribution is 2.26. The zero-order chi connectivity index (χ0) is 17.4. The molecule has 0 aliphatic heterocycles. The maximum atomic E-state index is 4.50. The highest BCUT2D eigenvalue weighted by molar-refractivity contribution is 9.10. The van der Waals surface area contributed by atoms with E-state index in [0.29, 0.717) is 0 Å². The Labute approximate surface area is 153 Å². The number of nitrogens with one attached hydrogen (secondary N) is 1. The van der Waals surface area contributed by atoms with Gasteiger partial charge >= 0.3 is 0 Å². The average Bonchev–Trinajstić information content (AvgIpc) is 3.04. The molecule has 124 valence electrons. The van der Waals surface area contributed by atoms with E-state index >= 15 is 0 Å². The second-order valence-electron chi connectivity index (χ2n) is 5.94. The van der Waals surface area contributed by atoms with Crippen molar-refractivity contribution in [3.63, 3.8) is 0 Å². The van der Waals surface area contributed by atoms with Gasteiger partial charge in [-0.15, -0.1) is 0 Å². The molecule has 0 amide bonds. The molecule has 0 aliphatic carbocycles. The van der Waals surface area contributed by atoms with E-state index < -0.39 is 0 Å². The van der Waals surface area contributed by atoms with Gasteiger partial charge in [-0.25, -0.2) is 14.6 Å². The molecule has 0 unspecified atom stereocenters. The summed E-state index contributed by atoms with van der Waals surface area (Å²) in [4.78, 5) is 8.80. The molecule has 0 atom stereocenters. The van der Waals surface area contributed by atoms with Crippen molar-refractivity contribution in [1.29, 1.82) is 0 Å². The lowest BCUT2D eigenvalue weighted by atomic mass is 10.2. The number of hydrogen-bond donors (Lipinski definition) is 1. The molecule has 5 nitrogen and oxygen atoms in total. The number of nitrogens with zero attached hydrogens (tertiary/aromatic N) is 4. The Kier molecular flexibility index (Phi) is 3.97. The molecular formula is C19H16BrN5. The summed E-state index contributed by atoms with van der Waals surface area (Å²) in [5.41, 5.74) is 5.09. The smallest absolute Gasteiger partial charge is 0.168 e. The van der Waals surface area contributed by atoms with Crippen molar-refractivity contribution in [3.8, 4) is 5.69 Å². The molecule has 2 heterocycles. The van der Waals surface area contributed by atoms with Crippen LogP contribution in [-0.4, -0.2) is 19.7 Å². The Hall–Kier alpha value is -2.73. The Balaban J connectivity index is 1.76. The van der Waals surface area contributed by atoms with Gasteiger partial charge in [0.15, 0.2) is 5.65 Å². The lowest BCUT2D eigenvalue weighted by Crippen LogP contribution is -1.99. The van der Waals surface area contributed by atoms with Crippen molar-refractivity contribution in [2.45, 2.75) is 13.8 Å². The largest absolute Gasteiger partial charge is 0.340 e. The third kappa shape index (κ3) is 3.00. The minimum Gasteiger partial charge on any atom is -0.340 e. The van der Waals surface area contributed by atoms with E-state index in [0.717, 1.165) is 38.3 Å². The van der Waals surface area contributed by atoms with Gasteiger partial charge in [-0.05, 0) is 49.7 Å². The van der Waals surface area contributed by atoms with Crippen molar-refractivity contribution in [1.82, 2.24) is 19.7 Å². The number of benzene rings is 2. The van der Waals surface area contributed by atoms with Crippen molar-refractivity contribution < 1.29 is 0 Å². The van der Waals surface area contributed by atoms with Crippen molar-refractivity contribution in [2.75, 3.05) is 5.32 Å². The number of rotatable bonds is 3. The fourth-order valence-electron chi connectivity index (χ4n) is 2.68. The molecule has 0 bridgehead atoms. The lowest BCUT2D eigenvalue weighted by molar-refractivity contribution is 0.894. The van der Waals surface area contributed by atoms with Gasteiger partial charge in [0.05, 0.1) is 17.3 Å². The fourth-order valence-corrected chi connectivity index (χ4v) is 2.92. The third-order valence-electron chi connectivity index (χ3n) is 4.07. The fraction of sp³-hybridized carbons (Fsp3) is 0.105. The topological polar surface area (TPSA) is 55.6 Å². The molecule has 6 heteroatoms. The second-order valence-corrected chi connectivity index (χ2v) is 6.79. The molecule has 0 saturated carbocycles. The van der Waals surface area contributed by atoms with Crippen LogP contribution in [-0.2, 0) is 0 Å². The maximum absolute atomic E-state index is 4.50. The van der Waals surface area contributed by atoms with E-state index in [2.05, 4.69) is 68.4 Å². The second kappa shape index (κ2) is 6.29. The van der Waals surface area contributed by atoms with E-state index in [-0.39, 0.29) is 0 Å². The van der Waals surface area contributed by atoms with E-state index in [4.69, 9.17) is 0 Å². The van der Waals surface area contributed by atoms with Crippen molar-refractivity contribution >= 4 is 38.5 Å². The van der Waals surface area contributed by atoms with Crippen LogP contribution in [0.5, 0.6) is 0 Å². The van der Waals surface area contributed by atoms with E-state index in [9.17, 15) is 0 Å². The summed E-state index contributed by atoms with van der Waals surface area (Å²) < 4.78 is 2.91. The highest BCUT2D eigenvalue weighted by Gasteiger charge is 2.11. The molecule has 0 radical (unpaired) electrons. The molecule has 0 spiro atoms. The quantitative estimate of drug-likeness (QED) is 0.535. The Bertz CT molecular complexity index is 1050. The first-order valence-corrected chi connectivity index (χ1v) is 8.70. The standard InChI is InChI=1S/C19H16BrN5/c1-12-3-6-15(7-4-12)25-19-16(10-23-25)18(21-11-22-19)24-14-5-8-17(20)13(2)9-14/h3-11H,1-2H3,(H,21,22,24). The van der Waals surface area contributed by atoms with E-state index in [1.165, 1.54) is 5.56 Å². The SMILES string of the molecule is Cc1ccc(-n2ncc3c(Nc4ccc(Br)c(C)c4)ncnc32)cc1. The maximum Gasteiger partial charge on any atom is 0.168 e. The summed E-state index contributed by atoms with van der Waals surface area (Å²) in [6.07, 6.45) is 3.35. The lowest BCUT2D eigenvalue weighted by Gasteiger charge is -2.08. The molecule has 0 aliphatic rings. The van der Waals surface area contributed by atoms with Gasteiger partial charge in [-0.1, -0.05) is 33.6 Å². The van der Waals surface area contributed by atoms with E-state index in [1.807, 2.05) is 28.9 Å². The van der Waals surface area contributed by atoms with Crippen LogP contribution in [0.25, 0.3) is 16.7 Å². The van der Waals surface area contributed by atoms with Crippen LogP contribution in [0.3, 0.4) is 0 Å². The summed E-state index contributed by atoms with van der Waals surface area (Å²) in [6.45, 7) is 4.12. The molecule has 0 fully saturated rings. The Morgan fingerprint density at radius 3 is 2.56 bits per heavy atom. The zero-order valence-corrected chi connectivity index (χ0v) is 15.4. The van der Waals surface area contributed by atoms with E-state index in [1.54, 1.807) is 12.5 Å². The van der Waals surface area contributed by atoms with Crippen LogP contribution in [0.15, 0.2) is 59.5 Å². The first-order valence-electron chi connectivity index (χ1n) is 7.91. The molecule has 4 aromatic rings. The summed E-state index contributed by atoms with van der Waals surface area (Å²) in [5, 5.41) is 8.74. The predicted octanol–water partition coefficient (Wildman–Crippen LogP) is 4.94. The van der Waals surface area contributed by atoms with Gasteiger partial charge in [0.2, 0.25) is 0 Å². The predicted molar refractivity (Wildman–Crippen MR) is 104 cm³/mol. The van der Waals surface area contributed by atoms with Crippen LogP contribution in [0.1, 0.15) is 11.1 Å². The van der Waals surface area contributed by atoms with Crippen LogP contribution in [0.2, 0.25) is 0 Å². The first kappa shape index (κ1) is 15.8. The number of aryl methyl sites for hydroxylation is 2. The molecule has 2 aromatic carbocycles. The van der Waals surface area contributed by atoms with Crippen molar-refractivity contribution in [2.24, 2.45) is 0 Å². The molecule has 1 N–H and O–H groups in total. The summed E-state index contributed by atoms with van der Waals surface area (Å²) in [5.74, 6) is 0.741. The summed E-state index contributed by atoms with van der Waals surface area (Å²) >= 11 is 3.52. The van der Waals surface area contributed by atoms with Gasteiger partial charge in [-0.2, -0.15) is 5.10 Å². The van der Waals surface area contributed by atoms with Crippen LogP contribution >= 0.6 is 15.9 Å². The molecule has 25 heavy (non-hydrogen) atoms. The summed E-state index contributed by atoms with van der Waals surface area (Å²) in [6, 6.07) is 14.3. The number of halogens is 1. The number of anilines is 2. The Morgan fingerprint density at radius 1 is 1.00 bits per heavy atom. The number of fused-ring (bicyclic) bond motifs is 1. The molecular weight excluding hydrogens is 378 g/mol. The molecule has 4 rings (SSSR count). The highest BCUT2D eigenvalue weighted by atomic mass is 79.9. The minimum absolute atomic E-state index is 0.741. The normalized spacial score (nSPS) is 11.0. The van der Waals surface area contributed by atoms with Crippen LogP contribution in [0.4, 0.5) is 11.5 Å². The van der Waals surface area contributed by atoms with Gasteiger partial charge in [-0.3, -0.25) is 0 Å². The zero-order valence-electron chi connectivity index (χ0n) is 13.9. The molecule has 2 aromatic heterocycles. The van der Waals surface area contributed by atoms with Crippen LogP contribution in [0, 0.1) is 13.8 Å². The van der Waals surface area contributed by atoms with Gasteiger partial charge in [0.1, 0.15) is 12.1 Å². The first-order chi connectivity index (χ1) is 12.1. The number of aromatic nitrogens is 4. The monoisotopic (exact) mass is 393 g/mol.